The standard InChI is InChI=1S/C27H41N3O4/c1-27(2)26(33)25(22-18-21(19-28)12-13-23(22)34-27)30-16-15-29(20-24(30)32)14-10-8-6-4-3-5-7-9-11-17-31/h12-13,18,25-26,31,33H,3-11,14-17,20H2,1-2H3/t25-,26+/m1/s1. The molecule has 7 nitrogen and oxygen atoms in total. The number of carbonyl (C=O) groups excluding carboxylic acids is 1. The summed E-state index contributed by atoms with van der Waals surface area (Å²) in [5, 5.41) is 29.3. The molecule has 34 heavy (non-hydrogen) atoms. The van der Waals surface area contributed by atoms with E-state index in [4.69, 9.17) is 9.84 Å². The van der Waals surface area contributed by atoms with Crippen molar-refractivity contribution in [3.8, 4) is 11.8 Å². The molecular formula is C27H41N3O4. The van der Waals surface area contributed by atoms with E-state index < -0.39 is 17.7 Å². The number of carbonyl (C=O) groups is 1. The number of fused-ring (bicyclic) bond motifs is 1. The van der Waals surface area contributed by atoms with Crippen molar-refractivity contribution in [3.63, 3.8) is 0 Å². The van der Waals surface area contributed by atoms with Crippen LogP contribution in [0, 0.1) is 11.3 Å². The van der Waals surface area contributed by atoms with E-state index in [1.165, 1.54) is 38.5 Å². The molecule has 0 aliphatic carbocycles. The van der Waals surface area contributed by atoms with Gasteiger partial charge in [0.2, 0.25) is 5.91 Å². The highest BCUT2D eigenvalue weighted by Crippen LogP contribution is 2.43. The van der Waals surface area contributed by atoms with Crippen molar-refractivity contribution >= 4 is 5.91 Å². The maximum absolute atomic E-state index is 13.2. The van der Waals surface area contributed by atoms with E-state index >= 15 is 0 Å². The molecule has 1 amide bonds. The van der Waals surface area contributed by atoms with Gasteiger partial charge in [0.05, 0.1) is 24.2 Å². The second-order valence-electron chi connectivity index (χ2n) is 10.2. The van der Waals surface area contributed by atoms with E-state index in [0.717, 1.165) is 32.4 Å². The Hall–Kier alpha value is -2.14. The number of hydrogen-bond acceptors (Lipinski definition) is 6. The van der Waals surface area contributed by atoms with Gasteiger partial charge >= 0.3 is 0 Å². The molecule has 0 saturated carbocycles. The lowest BCUT2D eigenvalue weighted by atomic mass is 9.84. The Kier molecular flexibility index (Phi) is 9.75. The number of piperazine rings is 1. The lowest BCUT2D eigenvalue weighted by molar-refractivity contribution is -0.150. The average molecular weight is 472 g/mol. The van der Waals surface area contributed by atoms with Crippen molar-refractivity contribution in [2.45, 2.75) is 89.4 Å². The Labute approximate surface area is 204 Å². The quantitative estimate of drug-likeness (QED) is 0.450. The Balaban J connectivity index is 1.48. The molecule has 2 aliphatic heterocycles. The van der Waals surface area contributed by atoms with Gasteiger partial charge in [-0.2, -0.15) is 5.26 Å². The van der Waals surface area contributed by atoms with Crippen molar-refractivity contribution in [2.75, 3.05) is 32.8 Å². The maximum atomic E-state index is 13.2. The minimum atomic E-state index is -0.881. The normalized spacial score (nSPS) is 22.2. The fourth-order valence-electron chi connectivity index (χ4n) is 5.08. The third-order valence-corrected chi connectivity index (χ3v) is 7.15. The van der Waals surface area contributed by atoms with E-state index in [0.29, 0.717) is 36.6 Å². The number of nitriles is 1. The molecule has 188 valence electrons. The molecule has 0 spiro atoms. The van der Waals surface area contributed by atoms with E-state index in [2.05, 4.69) is 11.0 Å². The van der Waals surface area contributed by atoms with Crippen LogP contribution in [0.5, 0.6) is 5.75 Å². The number of hydrogen-bond donors (Lipinski definition) is 2. The summed E-state index contributed by atoms with van der Waals surface area (Å²) in [6.07, 6.45) is 9.67. The van der Waals surface area contributed by atoms with E-state index in [9.17, 15) is 15.2 Å². The zero-order valence-corrected chi connectivity index (χ0v) is 20.8. The molecule has 2 aliphatic rings. The third-order valence-electron chi connectivity index (χ3n) is 7.15. The largest absolute Gasteiger partial charge is 0.485 e. The minimum Gasteiger partial charge on any atom is -0.485 e. The van der Waals surface area contributed by atoms with Crippen LogP contribution in [0.1, 0.15) is 88.8 Å². The summed E-state index contributed by atoms with van der Waals surface area (Å²) >= 11 is 0. The molecule has 1 aromatic carbocycles. The van der Waals surface area contributed by atoms with E-state index in [1.807, 2.05) is 13.8 Å². The summed E-state index contributed by atoms with van der Waals surface area (Å²) in [5.41, 5.74) is 0.377. The summed E-state index contributed by atoms with van der Waals surface area (Å²) in [7, 11) is 0. The molecular weight excluding hydrogens is 430 g/mol. The molecule has 0 unspecified atom stereocenters. The van der Waals surface area contributed by atoms with Crippen molar-refractivity contribution in [1.29, 1.82) is 5.26 Å². The van der Waals surface area contributed by atoms with Crippen molar-refractivity contribution in [3.05, 3.63) is 29.3 Å². The fourth-order valence-corrected chi connectivity index (χ4v) is 5.08. The van der Waals surface area contributed by atoms with Gasteiger partial charge in [-0.1, -0.05) is 44.9 Å². The molecule has 7 heteroatoms. The fraction of sp³-hybridized carbons (Fsp3) is 0.704. The third kappa shape index (κ3) is 6.71. The van der Waals surface area contributed by atoms with Gasteiger partial charge in [-0.15, -0.1) is 0 Å². The first-order valence-corrected chi connectivity index (χ1v) is 12.9. The monoisotopic (exact) mass is 471 g/mol. The first kappa shape index (κ1) is 26.5. The van der Waals surface area contributed by atoms with Gasteiger partial charge in [0.15, 0.2) is 0 Å². The van der Waals surface area contributed by atoms with Crippen LogP contribution < -0.4 is 4.74 Å². The van der Waals surface area contributed by atoms with Crippen molar-refractivity contribution < 1.29 is 19.7 Å². The Bertz CT molecular complexity index is 851. The van der Waals surface area contributed by atoms with Gasteiger partial charge < -0.3 is 19.8 Å². The van der Waals surface area contributed by atoms with Gasteiger partial charge in [-0.25, -0.2) is 0 Å². The van der Waals surface area contributed by atoms with Crippen LogP contribution in [0.3, 0.4) is 0 Å². The van der Waals surface area contributed by atoms with Crippen LogP contribution in [-0.2, 0) is 4.79 Å². The molecule has 0 radical (unpaired) electrons. The zero-order valence-electron chi connectivity index (χ0n) is 20.8. The molecule has 1 fully saturated rings. The number of ether oxygens (including phenoxy) is 1. The van der Waals surface area contributed by atoms with Crippen LogP contribution in [0.2, 0.25) is 0 Å². The lowest BCUT2D eigenvalue weighted by Crippen LogP contribution is -2.59. The molecule has 2 N–H and O–H groups in total. The highest BCUT2D eigenvalue weighted by atomic mass is 16.5. The maximum Gasteiger partial charge on any atom is 0.237 e. The number of amides is 1. The highest BCUT2D eigenvalue weighted by Gasteiger charge is 2.47. The van der Waals surface area contributed by atoms with Gasteiger partial charge in [0.1, 0.15) is 17.5 Å². The molecule has 2 heterocycles. The van der Waals surface area contributed by atoms with Crippen LogP contribution in [0.15, 0.2) is 18.2 Å². The van der Waals surface area contributed by atoms with Crippen molar-refractivity contribution in [2.24, 2.45) is 0 Å². The first-order chi connectivity index (χ1) is 16.4. The number of rotatable bonds is 12. The van der Waals surface area contributed by atoms with Crippen LogP contribution in [-0.4, -0.2) is 70.4 Å². The average Bonchev–Trinajstić information content (AvgIpc) is 2.81. The van der Waals surface area contributed by atoms with Gasteiger partial charge in [0.25, 0.3) is 0 Å². The SMILES string of the molecule is CC1(C)Oc2ccc(C#N)cc2[C@@H](N2CCN(CCCCCCCCCCCO)CC2=O)[C@@H]1O. The lowest BCUT2D eigenvalue weighted by Gasteiger charge is -2.48. The minimum absolute atomic E-state index is 0.0178. The predicted molar refractivity (Wildman–Crippen MR) is 131 cm³/mol. The molecule has 1 saturated heterocycles. The van der Waals surface area contributed by atoms with E-state index in [-0.39, 0.29) is 5.91 Å². The summed E-state index contributed by atoms with van der Waals surface area (Å²) in [6, 6.07) is 6.85. The molecule has 0 aromatic heterocycles. The number of nitrogens with zero attached hydrogens (tertiary/aromatic N) is 3. The Morgan fingerprint density at radius 2 is 1.71 bits per heavy atom. The summed E-state index contributed by atoms with van der Waals surface area (Å²) in [5.74, 6) is 0.645. The van der Waals surface area contributed by atoms with Crippen LogP contribution >= 0.6 is 0 Å². The second-order valence-corrected chi connectivity index (χ2v) is 10.2. The summed E-state index contributed by atoms with van der Waals surface area (Å²) in [4.78, 5) is 17.2. The van der Waals surface area contributed by atoms with Crippen molar-refractivity contribution in [1.82, 2.24) is 9.80 Å². The first-order valence-electron chi connectivity index (χ1n) is 12.9. The second kappa shape index (κ2) is 12.5. The molecule has 1 aromatic rings. The number of benzene rings is 1. The number of aliphatic hydroxyl groups is 2. The summed E-state index contributed by atoms with van der Waals surface area (Å²) in [6.45, 7) is 6.61. The summed E-state index contributed by atoms with van der Waals surface area (Å²) < 4.78 is 6.01. The Morgan fingerprint density at radius 1 is 1.06 bits per heavy atom. The van der Waals surface area contributed by atoms with Gasteiger partial charge in [0, 0.05) is 25.3 Å². The topological polar surface area (TPSA) is 97.0 Å². The Morgan fingerprint density at radius 3 is 2.32 bits per heavy atom. The number of aliphatic hydroxyl groups excluding tert-OH is 2. The highest BCUT2D eigenvalue weighted by molar-refractivity contribution is 5.80. The number of unbranched alkanes of at least 4 members (excludes halogenated alkanes) is 8. The molecule has 3 rings (SSSR count). The molecule has 0 bridgehead atoms. The van der Waals surface area contributed by atoms with E-state index in [1.54, 1.807) is 23.1 Å². The van der Waals surface area contributed by atoms with Gasteiger partial charge in [-0.3, -0.25) is 9.69 Å². The zero-order chi connectivity index (χ0) is 24.6. The molecule has 2 atom stereocenters. The smallest absolute Gasteiger partial charge is 0.237 e. The predicted octanol–water partition coefficient (Wildman–Crippen LogP) is 3.78. The van der Waals surface area contributed by atoms with Crippen LogP contribution in [0.25, 0.3) is 0 Å². The van der Waals surface area contributed by atoms with Crippen LogP contribution in [0.4, 0.5) is 0 Å². The van der Waals surface area contributed by atoms with Gasteiger partial charge in [-0.05, 0) is 51.4 Å².